The van der Waals surface area contributed by atoms with Crippen LogP contribution in [-0.4, -0.2) is 15.0 Å². The van der Waals surface area contributed by atoms with Gasteiger partial charge in [0.1, 0.15) is 11.8 Å². The number of rotatable bonds is 2. The standard InChI is InChI=1S/C18H16N4/c1-12-5-4-6-15(8-12)18-17(11-19)20-21-22(18)16-9-13(2)7-14(3)10-16/h4-10H,1-3H3. The van der Waals surface area contributed by atoms with Gasteiger partial charge in [0, 0.05) is 5.56 Å². The van der Waals surface area contributed by atoms with Gasteiger partial charge in [0.2, 0.25) is 0 Å². The van der Waals surface area contributed by atoms with Gasteiger partial charge >= 0.3 is 0 Å². The summed E-state index contributed by atoms with van der Waals surface area (Å²) in [7, 11) is 0. The van der Waals surface area contributed by atoms with Crippen LogP contribution in [0.4, 0.5) is 0 Å². The van der Waals surface area contributed by atoms with Crippen LogP contribution in [0.2, 0.25) is 0 Å². The molecule has 3 aromatic rings. The van der Waals surface area contributed by atoms with Crippen molar-refractivity contribution >= 4 is 0 Å². The highest BCUT2D eigenvalue weighted by molar-refractivity contribution is 5.67. The predicted molar refractivity (Wildman–Crippen MR) is 85.7 cm³/mol. The smallest absolute Gasteiger partial charge is 0.191 e. The lowest BCUT2D eigenvalue weighted by molar-refractivity contribution is 0.805. The Balaban J connectivity index is 2.26. The highest BCUT2D eigenvalue weighted by Gasteiger charge is 2.16. The van der Waals surface area contributed by atoms with Crippen molar-refractivity contribution in [2.45, 2.75) is 20.8 Å². The lowest BCUT2D eigenvalue weighted by Gasteiger charge is -2.09. The largest absolute Gasteiger partial charge is 0.211 e. The minimum atomic E-state index is 0.338. The lowest BCUT2D eigenvalue weighted by atomic mass is 10.1. The summed E-state index contributed by atoms with van der Waals surface area (Å²) >= 11 is 0. The van der Waals surface area contributed by atoms with Crippen LogP contribution in [0.25, 0.3) is 16.9 Å². The second-order valence-electron chi connectivity index (χ2n) is 5.53. The summed E-state index contributed by atoms with van der Waals surface area (Å²) in [6.07, 6.45) is 0. The molecule has 0 aliphatic rings. The molecule has 4 nitrogen and oxygen atoms in total. The molecule has 0 saturated heterocycles. The summed E-state index contributed by atoms with van der Waals surface area (Å²) in [4.78, 5) is 0. The number of hydrogen-bond donors (Lipinski definition) is 0. The van der Waals surface area contributed by atoms with E-state index in [0.717, 1.165) is 33.6 Å². The molecule has 0 aliphatic carbocycles. The van der Waals surface area contributed by atoms with E-state index < -0.39 is 0 Å². The zero-order chi connectivity index (χ0) is 15.7. The molecule has 0 amide bonds. The van der Waals surface area contributed by atoms with E-state index in [9.17, 15) is 5.26 Å². The molecule has 1 heterocycles. The van der Waals surface area contributed by atoms with Crippen molar-refractivity contribution < 1.29 is 0 Å². The fraction of sp³-hybridized carbons (Fsp3) is 0.167. The fourth-order valence-electron chi connectivity index (χ4n) is 2.66. The molecule has 2 aromatic carbocycles. The van der Waals surface area contributed by atoms with Crippen LogP contribution in [0.15, 0.2) is 42.5 Å². The van der Waals surface area contributed by atoms with E-state index in [-0.39, 0.29) is 0 Å². The van der Waals surface area contributed by atoms with Gasteiger partial charge in [0.05, 0.1) is 5.69 Å². The number of nitrogens with zero attached hydrogens (tertiary/aromatic N) is 4. The summed E-state index contributed by atoms with van der Waals surface area (Å²) in [6, 6.07) is 16.4. The summed E-state index contributed by atoms with van der Waals surface area (Å²) in [5, 5.41) is 17.6. The van der Waals surface area contributed by atoms with Gasteiger partial charge in [-0.05, 0) is 50.1 Å². The van der Waals surface area contributed by atoms with Crippen LogP contribution in [0.3, 0.4) is 0 Å². The monoisotopic (exact) mass is 288 g/mol. The van der Waals surface area contributed by atoms with Crippen molar-refractivity contribution in [2.75, 3.05) is 0 Å². The van der Waals surface area contributed by atoms with Gasteiger partial charge in [-0.2, -0.15) is 5.26 Å². The molecule has 0 aliphatic heterocycles. The molecule has 4 heteroatoms. The van der Waals surface area contributed by atoms with Gasteiger partial charge in [-0.25, -0.2) is 4.68 Å². The van der Waals surface area contributed by atoms with Crippen molar-refractivity contribution in [1.82, 2.24) is 15.0 Å². The predicted octanol–water partition coefficient (Wildman–Crippen LogP) is 3.73. The second kappa shape index (κ2) is 5.45. The first-order valence-electron chi connectivity index (χ1n) is 7.10. The van der Waals surface area contributed by atoms with E-state index in [1.54, 1.807) is 4.68 Å². The molecule has 22 heavy (non-hydrogen) atoms. The number of hydrogen-bond acceptors (Lipinski definition) is 3. The van der Waals surface area contributed by atoms with E-state index >= 15 is 0 Å². The third kappa shape index (κ3) is 2.49. The molecule has 0 unspecified atom stereocenters. The summed E-state index contributed by atoms with van der Waals surface area (Å²) in [6.45, 7) is 6.12. The molecular formula is C18H16N4. The highest BCUT2D eigenvalue weighted by Crippen LogP contribution is 2.26. The van der Waals surface area contributed by atoms with Crippen LogP contribution >= 0.6 is 0 Å². The molecule has 0 atom stereocenters. The Hall–Kier alpha value is -2.93. The third-order valence-corrected chi connectivity index (χ3v) is 3.52. The SMILES string of the molecule is Cc1cccc(-c2c(C#N)nnn2-c2cc(C)cc(C)c2)c1. The number of aryl methyl sites for hydroxylation is 3. The Morgan fingerprint density at radius 2 is 1.68 bits per heavy atom. The molecule has 0 radical (unpaired) electrons. The van der Waals surface area contributed by atoms with E-state index in [1.807, 2.05) is 57.2 Å². The normalized spacial score (nSPS) is 10.5. The van der Waals surface area contributed by atoms with Gasteiger partial charge < -0.3 is 0 Å². The maximum atomic E-state index is 9.35. The number of nitriles is 1. The minimum absolute atomic E-state index is 0.338. The van der Waals surface area contributed by atoms with Gasteiger partial charge in [0.25, 0.3) is 0 Å². The van der Waals surface area contributed by atoms with Crippen molar-refractivity contribution in [3.05, 3.63) is 64.8 Å². The number of aromatic nitrogens is 3. The van der Waals surface area contributed by atoms with Crippen LogP contribution in [0.1, 0.15) is 22.4 Å². The molecular weight excluding hydrogens is 272 g/mol. The van der Waals surface area contributed by atoms with Gasteiger partial charge in [-0.15, -0.1) is 5.10 Å². The minimum Gasteiger partial charge on any atom is -0.211 e. The average molecular weight is 288 g/mol. The fourth-order valence-corrected chi connectivity index (χ4v) is 2.66. The zero-order valence-corrected chi connectivity index (χ0v) is 12.8. The Kier molecular flexibility index (Phi) is 3.48. The first-order chi connectivity index (χ1) is 10.6. The molecule has 0 N–H and O–H groups in total. The van der Waals surface area contributed by atoms with Crippen molar-refractivity contribution in [2.24, 2.45) is 0 Å². The van der Waals surface area contributed by atoms with Crippen molar-refractivity contribution in [1.29, 1.82) is 5.26 Å². The van der Waals surface area contributed by atoms with Gasteiger partial charge in [-0.3, -0.25) is 0 Å². The van der Waals surface area contributed by atoms with Gasteiger partial charge in [-0.1, -0.05) is 35.0 Å². The first kappa shape index (κ1) is 14.0. The van der Waals surface area contributed by atoms with Crippen molar-refractivity contribution in [3.63, 3.8) is 0 Å². The molecule has 0 saturated carbocycles. The van der Waals surface area contributed by atoms with E-state index in [1.165, 1.54) is 0 Å². The summed E-state index contributed by atoms with van der Waals surface area (Å²) in [5.74, 6) is 0. The first-order valence-corrected chi connectivity index (χ1v) is 7.10. The third-order valence-electron chi connectivity index (χ3n) is 3.52. The quantitative estimate of drug-likeness (QED) is 0.722. The molecule has 0 spiro atoms. The topological polar surface area (TPSA) is 54.5 Å². The van der Waals surface area contributed by atoms with Gasteiger partial charge in [0.15, 0.2) is 5.69 Å². The molecule has 1 aromatic heterocycles. The molecule has 0 bridgehead atoms. The van der Waals surface area contributed by atoms with Crippen molar-refractivity contribution in [3.8, 4) is 23.0 Å². The Morgan fingerprint density at radius 3 is 2.32 bits per heavy atom. The summed E-state index contributed by atoms with van der Waals surface area (Å²) < 4.78 is 1.74. The average Bonchev–Trinajstić information content (AvgIpc) is 2.90. The van der Waals surface area contributed by atoms with Crippen LogP contribution in [-0.2, 0) is 0 Å². The van der Waals surface area contributed by atoms with Crippen LogP contribution in [0, 0.1) is 32.1 Å². The Bertz CT molecular complexity index is 864. The van der Waals surface area contributed by atoms with E-state index in [0.29, 0.717) is 5.69 Å². The summed E-state index contributed by atoms with van der Waals surface area (Å²) in [5.41, 5.74) is 6.37. The Morgan fingerprint density at radius 1 is 0.955 bits per heavy atom. The van der Waals surface area contributed by atoms with Crippen LogP contribution < -0.4 is 0 Å². The molecule has 108 valence electrons. The molecule has 0 fully saturated rings. The maximum absolute atomic E-state index is 9.35. The van der Waals surface area contributed by atoms with Crippen LogP contribution in [0.5, 0.6) is 0 Å². The maximum Gasteiger partial charge on any atom is 0.191 e. The Labute approximate surface area is 129 Å². The zero-order valence-electron chi connectivity index (χ0n) is 12.8. The highest BCUT2D eigenvalue weighted by atomic mass is 15.4. The second-order valence-corrected chi connectivity index (χ2v) is 5.53. The lowest BCUT2D eigenvalue weighted by Crippen LogP contribution is -2.01. The van der Waals surface area contributed by atoms with E-state index in [2.05, 4.69) is 22.4 Å². The van der Waals surface area contributed by atoms with E-state index in [4.69, 9.17) is 0 Å². The molecule has 3 rings (SSSR count). The number of benzene rings is 2.